The Kier molecular flexibility index (Phi) is 5.37. The summed E-state index contributed by atoms with van der Waals surface area (Å²) in [6.45, 7) is 0. The minimum atomic E-state index is -4.86. The standard InChI is InChI=1S/C27H14Cl2F3NO5/c28-13-7-5-12(6-8-13)21-19-20(26(38-21)22(34)15-3-1-2-4-16(15)23(26)35)25(37)33(24(19)36)14-9-10-18(29)17(11-14)27(30,31)32/h1-11,19-21H/t19-,20+,21+/m1/s1. The highest BCUT2D eigenvalue weighted by Gasteiger charge is 2.74. The van der Waals surface area contributed by atoms with E-state index in [4.69, 9.17) is 27.9 Å². The average Bonchev–Trinajstić information content (AvgIpc) is 3.44. The average molecular weight is 560 g/mol. The van der Waals surface area contributed by atoms with Gasteiger partial charge in [-0.05, 0) is 35.9 Å². The summed E-state index contributed by atoms with van der Waals surface area (Å²) in [6.07, 6.45) is -6.08. The summed E-state index contributed by atoms with van der Waals surface area (Å²) in [4.78, 5) is 55.7. The monoisotopic (exact) mass is 559 g/mol. The Hall–Kier alpha value is -3.53. The number of imide groups is 1. The molecule has 2 saturated heterocycles. The fraction of sp³-hybridized carbons (Fsp3) is 0.185. The lowest BCUT2D eigenvalue weighted by Gasteiger charge is -2.27. The van der Waals surface area contributed by atoms with Crippen LogP contribution in [-0.4, -0.2) is 29.0 Å². The second kappa shape index (κ2) is 8.23. The van der Waals surface area contributed by atoms with Crippen molar-refractivity contribution in [3.63, 3.8) is 0 Å². The lowest BCUT2D eigenvalue weighted by atomic mass is 9.77. The molecule has 0 saturated carbocycles. The first-order chi connectivity index (χ1) is 18.0. The van der Waals surface area contributed by atoms with Gasteiger partial charge in [0.2, 0.25) is 29.0 Å². The topological polar surface area (TPSA) is 80.8 Å². The van der Waals surface area contributed by atoms with Crippen LogP contribution in [0.2, 0.25) is 10.0 Å². The van der Waals surface area contributed by atoms with Crippen LogP contribution in [0.1, 0.15) is 37.9 Å². The van der Waals surface area contributed by atoms with Crippen LogP contribution in [0.4, 0.5) is 18.9 Å². The molecule has 0 unspecified atom stereocenters. The maximum absolute atomic E-state index is 13.9. The highest BCUT2D eigenvalue weighted by Crippen LogP contribution is 2.58. The van der Waals surface area contributed by atoms with Crippen LogP contribution in [0.5, 0.6) is 0 Å². The molecule has 1 aliphatic carbocycles. The van der Waals surface area contributed by atoms with Crippen LogP contribution in [-0.2, 0) is 20.5 Å². The Bertz CT molecular complexity index is 1530. The SMILES string of the molecule is O=C1[C@@H]2[C@@H](C(=O)N1c1ccc(Cl)c(C(F)(F)F)c1)C1(O[C@H]2c2ccc(Cl)cc2)C(=O)c2ccccc2C1=O. The van der Waals surface area contributed by atoms with E-state index >= 15 is 0 Å². The molecule has 6 nitrogen and oxygen atoms in total. The minimum Gasteiger partial charge on any atom is -0.349 e. The molecule has 3 atom stereocenters. The third kappa shape index (κ3) is 3.25. The Balaban J connectivity index is 1.53. The number of ketones is 2. The number of nitrogens with zero attached hydrogens (tertiary/aromatic N) is 1. The summed E-state index contributed by atoms with van der Waals surface area (Å²) in [5.41, 5.74) is -3.52. The lowest BCUT2D eigenvalue weighted by molar-refractivity contribution is -0.137. The van der Waals surface area contributed by atoms with Crippen molar-refractivity contribution in [3.8, 4) is 0 Å². The smallest absolute Gasteiger partial charge is 0.349 e. The quantitative estimate of drug-likeness (QED) is 0.297. The third-order valence-corrected chi connectivity index (χ3v) is 7.81. The van der Waals surface area contributed by atoms with Crippen molar-refractivity contribution >= 4 is 52.3 Å². The number of amides is 2. The van der Waals surface area contributed by atoms with Crippen molar-refractivity contribution in [2.75, 3.05) is 4.90 Å². The zero-order valence-electron chi connectivity index (χ0n) is 19.0. The summed E-state index contributed by atoms with van der Waals surface area (Å²) in [5, 5.41) is -0.245. The molecule has 38 heavy (non-hydrogen) atoms. The van der Waals surface area contributed by atoms with Gasteiger partial charge in [0.05, 0.1) is 34.2 Å². The van der Waals surface area contributed by atoms with Gasteiger partial charge in [-0.25, -0.2) is 4.90 Å². The molecular formula is C27H14Cl2F3NO5. The van der Waals surface area contributed by atoms with Crippen LogP contribution in [0.15, 0.2) is 66.7 Å². The molecule has 192 valence electrons. The Morgan fingerprint density at radius 3 is 2.00 bits per heavy atom. The number of Topliss-reactive ketones (excluding diaryl/α,β-unsaturated/α-hetero) is 2. The first kappa shape index (κ1) is 24.8. The lowest BCUT2D eigenvalue weighted by Crippen LogP contribution is -2.51. The molecule has 1 spiro atoms. The summed E-state index contributed by atoms with van der Waals surface area (Å²) >= 11 is 11.7. The van der Waals surface area contributed by atoms with E-state index in [-0.39, 0.29) is 16.8 Å². The highest BCUT2D eigenvalue weighted by atomic mass is 35.5. The predicted molar refractivity (Wildman–Crippen MR) is 129 cm³/mol. The van der Waals surface area contributed by atoms with Crippen molar-refractivity contribution in [1.29, 1.82) is 0 Å². The van der Waals surface area contributed by atoms with Gasteiger partial charge in [0.25, 0.3) is 0 Å². The Morgan fingerprint density at radius 2 is 1.42 bits per heavy atom. The molecule has 2 fully saturated rings. The van der Waals surface area contributed by atoms with Crippen molar-refractivity contribution < 1.29 is 37.1 Å². The van der Waals surface area contributed by atoms with Gasteiger partial charge < -0.3 is 4.74 Å². The molecular weight excluding hydrogens is 546 g/mol. The van der Waals surface area contributed by atoms with Gasteiger partial charge in [0.1, 0.15) is 0 Å². The van der Waals surface area contributed by atoms with Gasteiger partial charge in [-0.2, -0.15) is 13.2 Å². The van der Waals surface area contributed by atoms with E-state index in [1.165, 1.54) is 36.4 Å². The van der Waals surface area contributed by atoms with E-state index < -0.39 is 63.7 Å². The number of fused-ring (bicyclic) bond motifs is 3. The van der Waals surface area contributed by atoms with Crippen molar-refractivity contribution in [2.24, 2.45) is 11.8 Å². The molecule has 2 amide bonds. The van der Waals surface area contributed by atoms with E-state index in [1.807, 2.05) is 0 Å². The largest absolute Gasteiger partial charge is 0.417 e. The van der Waals surface area contributed by atoms with Crippen LogP contribution in [0.3, 0.4) is 0 Å². The number of alkyl halides is 3. The molecule has 0 aromatic heterocycles. The van der Waals surface area contributed by atoms with Gasteiger partial charge in [-0.3, -0.25) is 19.2 Å². The number of carbonyl (C=O) groups is 4. The molecule has 3 aromatic rings. The van der Waals surface area contributed by atoms with Gasteiger partial charge >= 0.3 is 6.18 Å². The third-order valence-electron chi connectivity index (χ3n) is 7.23. The van der Waals surface area contributed by atoms with Gasteiger partial charge in [0, 0.05) is 16.1 Å². The van der Waals surface area contributed by atoms with Gasteiger partial charge in [0.15, 0.2) is 0 Å². The number of halogens is 5. The second-order valence-electron chi connectivity index (χ2n) is 9.21. The maximum Gasteiger partial charge on any atom is 0.417 e. The second-order valence-corrected chi connectivity index (χ2v) is 10.1. The van der Waals surface area contributed by atoms with Crippen molar-refractivity contribution in [3.05, 3.63) is 99.0 Å². The van der Waals surface area contributed by atoms with E-state index in [0.717, 1.165) is 12.1 Å². The van der Waals surface area contributed by atoms with Crippen molar-refractivity contribution in [2.45, 2.75) is 17.9 Å². The molecule has 0 bridgehead atoms. The van der Waals surface area contributed by atoms with Crippen LogP contribution in [0.25, 0.3) is 0 Å². The van der Waals surface area contributed by atoms with Crippen LogP contribution >= 0.6 is 23.2 Å². The van der Waals surface area contributed by atoms with Crippen LogP contribution < -0.4 is 4.90 Å². The van der Waals surface area contributed by atoms with E-state index in [0.29, 0.717) is 21.6 Å². The highest BCUT2D eigenvalue weighted by molar-refractivity contribution is 6.37. The number of carbonyl (C=O) groups excluding carboxylic acids is 4. The molecule has 2 heterocycles. The zero-order valence-corrected chi connectivity index (χ0v) is 20.5. The predicted octanol–water partition coefficient (Wildman–Crippen LogP) is 5.71. The normalized spacial score (nSPS) is 23.9. The number of rotatable bonds is 2. The molecule has 0 radical (unpaired) electrons. The molecule has 11 heteroatoms. The fourth-order valence-electron chi connectivity index (χ4n) is 5.59. The Morgan fingerprint density at radius 1 is 0.816 bits per heavy atom. The number of ether oxygens (including phenoxy) is 1. The first-order valence-corrected chi connectivity index (χ1v) is 12.1. The first-order valence-electron chi connectivity index (χ1n) is 11.3. The molecule has 3 aliphatic rings. The number of benzene rings is 3. The maximum atomic E-state index is 13.9. The van der Waals surface area contributed by atoms with E-state index in [9.17, 15) is 32.3 Å². The van der Waals surface area contributed by atoms with Crippen LogP contribution in [0, 0.1) is 11.8 Å². The molecule has 6 rings (SSSR count). The van der Waals surface area contributed by atoms with E-state index in [2.05, 4.69) is 0 Å². The fourth-order valence-corrected chi connectivity index (χ4v) is 5.95. The summed E-state index contributed by atoms with van der Waals surface area (Å²) < 4.78 is 46.8. The molecule has 2 aliphatic heterocycles. The molecule has 3 aromatic carbocycles. The van der Waals surface area contributed by atoms with Gasteiger partial charge in [-0.1, -0.05) is 59.6 Å². The summed E-state index contributed by atoms with van der Waals surface area (Å²) in [5.74, 6) is -6.44. The zero-order chi connectivity index (χ0) is 27.1. The number of hydrogen-bond donors (Lipinski definition) is 0. The van der Waals surface area contributed by atoms with E-state index in [1.54, 1.807) is 12.1 Å². The summed E-state index contributed by atoms with van der Waals surface area (Å²) in [7, 11) is 0. The van der Waals surface area contributed by atoms with Gasteiger partial charge in [-0.15, -0.1) is 0 Å². The van der Waals surface area contributed by atoms with Crippen molar-refractivity contribution in [1.82, 2.24) is 0 Å². The number of hydrogen-bond acceptors (Lipinski definition) is 5. The summed E-state index contributed by atoms with van der Waals surface area (Å²) in [6, 6.07) is 14.7. The minimum absolute atomic E-state index is 0.0394. The molecule has 0 N–H and O–H groups in total. The number of anilines is 1. The Labute approximate surface area is 222 Å².